The van der Waals surface area contributed by atoms with Crippen molar-refractivity contribution in [2.24, 2.45) is 0 Å². The fourth-order valence-corrected chi connectivity index (χ4v) is 4.09. The molecule has 0 bridgehead atoms. The van der Waals surface area contributed by atoms with E-state index in [1.54, 1.807) is 48.5 Å². The number of ether oxygens (including phenoxy) is 2. The standard InChI is InChI=1S/C21H24ClNO4S.ClH/c22-19-4-1-3-18(17-19)9-16-28(24,25)21-7-5-20(6-8-21)27-13-2-10-23-11-14-26-15-12-23;/h1,3-9,16-17H,2,10-15H2;1H/b16-9+;. The molecule has 3 rings (SSSR count). The summed E-state index contributed by atoms with van der Waals surface area (Å²) in [7, 11) is -3.53. The van der Waals surface area contributed by atoms with Crippen LogP contribution in [0.25, 0.3) is 6.08 Å². The van der Waals surface area contributed by atoms with Gasteiger partial charge in [0.05, 0.1) is 24.7 Å². The molecule has 0 aliphatic carbocycles. The second-order valence-electron chi connectivity index (χ2n) is 6.53. The summed E-state index contributed by atoms with van der Waals surface area (Å²) < 4.78 is 36.0. The molecule has 0 spiro atoms. The van der Waals surface area contributed by atoms with Crippen molar-refractivity contribution in [2.75, 3.05) is 39.5 Å². The predicted octanol–water partition coefficient (Wildman–Crippen LogP) is 4.31. The topological polar surface area (TPSA) is 55.8 Å². The highest BCUT2D eigenvalue weighted by Crippen LogP contribution is 2.19. The van der Waals surface area contributed by atoms with Crippen molar-refractivity contribution in [3.63, 3.8) is 0 Å². The maximum Gasteiger partial charge on any atom is 0.199 e. The Morgan fingerprint density at radius 1 is 1.10 bits per heavy atom. The Balaban J connectivity index is 0.00000300. The third-order valence-corrected chi connectivity index (χ3v) is 6.09. The van der Waals surface area contributed by atoms with Crippen LogP contribution in [0.3, 0.4) is 0 Å². The lowest BCUT2D eigenvalue weighted by Crippen LogP contribution is -2.37. The Hall–Kier alpha value is -1.57. The summed E-state index contributed by atoms with van der Waals surface area (Å²) in [6.07, 6.45) is 2.46. The minimum atomic E-state index is -3.53. The van der Waals surface area contributed by atoms with Crippen molar-refractivity contribution in [1.29, 1.82) is 0 Å². The van der Waals surface area contributed by atoms with Crippen molar-refractivity contribution in [3.8, 4) is 5.75 Å². The fourth-order valence-electron chi connectivity index (χ4n) is 2.89. The van der Waals surface area contributed by atoms with Gasteiger partial charge in [-0.15, -0.1) is 12.4 Å². The molecule has 1 aliphatic heterocycles. The molecule has 0 radical (unpaired) electrons. The van der Waals surface area contributed by atoms with Crippen molar-refractivity contribution < 1.29 is 17.9 Å². The van der Waals surface area contributed by atoms with Gasteiger partial charge in [0.2, 0.25) is 0 Å². The van der Waals surface area contributed by atoms with Crippen molar-refractivity contribution in [2.45, 2.75) is 11.3 Å². The van der Waals surface area contributed by atoms with Crippen LogP contribution < -0.4 is 4.74 Å². The Bertz CT molecular complexity index is 895. The highest BCUT2D eigenvalue weighted by molar-refractivity contribution is 7.94. The normalized spacial score (nSPS) is 15.2. The van der Waals surface area contributed by atoms with Gasteiger partial charge >= 0.3 is 0 Å². The van der Waals surface area contributed by atoms with Gasteiger partial charge in [0.15, 0.2) is 9.84 Å². The Morgan fingerprint density at radius 2 is 1.83 bits per heavy atom. The van der Waals surface area contributed by atoms with E-state index in [9.17, 15) is 8.42 Å². The van der Waals surface area contributed by atoms with Gasteiger partial charge in [0.25, 0.3) is 0 Å². The first-order valence-corrected chi connectivity index (χ1v) is 11.2. The van der Waals surface area contributed by atoms with Crippen molar-refractivity contribution >= 4 is 39.9 Å². The summed E-state index contributed by atoms with van der Waals surface area (Å²) >= 11 is 5.92. The molecular formula is C21H25Cl2NO4S. The molecule has 0 unspecified atom stereocenters. The number of sulfone groups is 1. The summed E-state index contributed by atoms with van der Waals surface area (Å²) in [5.74, 6) is 0.666. The largest absolute Gasteiger partial charge is 0.494 e. The van der Waals surface area contributed by atoms with E-state index >= 15 is 0 Å². The van der Waals surface area contributed by atoms with E-state index in [2.05, 4.69) is 4.90 Å². The molecule has 1 fully saturated rings. The van der Waals surface area contributed by atoms with E-state index in [0.717, 1.165) is 44.8 Å². The summed E-state index contributed by atoms with van der Waals surface area (Å²) in [5.41, 5.74) is 0.733. The molecule has 0 aromatic heterocycles. The first kappa shape index (κ1) is 23.7. The van der Waals surface area contributed by atoms with E-state index in [4.69, 9.17) is 21.1 Å². The van der Waals surface area contributed by atoms with Crippen LogP contribution >= 0.6 is 24.0 Å². The zero-order valence-corrected chi connectivity index (χ0v) is 18.4. The number of benzene rings is 2. The number of halogens is 2. The van der Waals surface area contributed by atoms with Gasteiger partial charge in [-0.2, -0.15) is 0 Å². The number of nitrogens with zero attached hydrogens (tertiary/aromatic N) is 1. The Labute approximate surface area is 183 Å². The molecule has 0 amide bonds. The smallest absolute Gasteiger partial charge is 0.199 e. The Kier molecular flexibility index (Phi) is 9.46. The van der Waals surface area contributed by atoms with Crippen molar-refractivity contribution in [3.05, 3.63) is 64.5 Å². The minimum Gasteiger partial charge on any atom is -0.494 e. The first-order chi connectivity index (χ1) is 13.5. The summed E-state index contributed by atoms with van der Waals surface area (Å²) in [6, 6.07) is 13.5. The predicted molar refractivity (Wildman–Crippen MR) is 119 cm³/mol. The van der Waals surface area contributed by atoms with Gasteiger partial charge in [0.1, 0.15) is 5.75 Å². The second-order valence-corrected chi connectivity index (χ2v) is 8.80. The maximum atomic E-state index is 12.5. The third kappa shape index (κ3) is 7.64. The second kappa shape index (κ2) is 11.6. The number of rotatable bonds is 8. The zero-order chi connectivity index (χ0) is 19.8. The van der Waals surface area contributed by atoms with Crippen LogP contribution in [0.2, 0.25) is 5.02 Å². The van der Waals surface area contributed by atoms with Crippen LogP contribution in [0.5, 0.6) is 5.75 Å². The van der Waals surface area contributed by atoms with Crippen LogP contribution in [0.4, 0.5) is 0 Å². The van der Waals surface area contributed by atoms with E-state index in [0.29, 0.717) is 17.4 Å². The van der Waals surface area contributed by atoms with E-state index in [-0.39, 0.29) is 17.3 Å². The summed E-state index contributed by atoms with van der Waals surface area (Å²) in [6.45, 7) is 5.10. The van der Waals surface area contributed by atoms with Gasteiger partial charge in [-0.05, 0) is 54.5 Å². The minimum absolute atomic E-state index is 0. The average Bonchev–Trinajstić information content (AvgIpc) is 2.71. The number of morpholine rings is 1. The van der Waals surface area contributed by atoms with Crippen molar-refractivity contribution in [1.82, 2.24) is 4.90 Å². The molecule has 0 N–H and O–H groups in total. The molecule has 29 heavy (non-hydrogen) atoms. The highest BCUT2D eigenvalue weighted by Gasteiger charge is 2.11. The van der Waals surface area contributed by atoms with Crippen LogP contribution in [-0.4, -0.2) is 52.8 Å². The molecule has 2 aromatic carbocycles. The van der Waals surface area contributed by atoms with Gasteiger partial charge in [0, 0.05) is 30.1 Å². The maximum absolute atomic E-state index is 12.5. The lowest BCUT2D eigenvalue weighted by Gasteiger charge is -2.26. The molecule has 2 aromatic rings. The lowest BCUT2D eigenvalue weighted by molar-refractivity contribution is 0.0358. The lowest BCUT2D eigenvalue weighted by atomic mass is 10.2. The number of hydrogen-bond acceptors (Lipinski definition) is 5. The SMILES string of the molecule is Cl.O=S(=O)(/C=C/c1cccc(Cl)c1)c1ccc(OCCCN2CCOCC2)cc1. The summed E-state index contributed by atoms with van der Waals surface area (Å²) in [5, 5.41) is 1.76. The number of hydrogen-bond donors (Lipinski definition) is 0. The van der Waals surface area contributed by atoms with E-state index in [1.807, 2.05) is 0 Å². The van der Waals surface area contributed by atoms with Crippen LogP contribution in [-0.2, 0) is 14.6 Å². The third-order valence-electron chi connectivity index (χ3n) is 4.43. The summed E-state index contributed by atoms with van der Waals surface area (Å²) in [4.78, 5) is 2.58. The molecule has 1 aliphatic rings. The fraction of sp³-hybridized carbons (Fsp3) is 0.333. The molecule has 1 heterocycles. The van der Waals surface area contributed by atoms with Crippen LogP contribution in [0, 0.1) is 0 Å². The zero-order valence-electron chi connectivity index (χ0n) is 16.0. The van der Waals surface area contributed by atoms with Gasteiger partial charge < -0.3 is 9.47 Å². The Morgan fingerprint density at radius 3 is 2.52 bits per heavy atom. The van der Waals surface area contributed by atoms with E-state index < -0.39 is 9.84 Å². The average molecular weight is 458 g/mol. The monoisotopic (exact) mass is 457 g/mol. The van der Waals surface area contributed by atoms with Crippen LogP contribution in [0.15, 0.2) is 58.8 Å². The molecule has 1 saturated heterocycles. The molecular weight excluding hydrogens is 433 g/mol. The molecule has 5 nitrogen and oxygen atoms in total. The van der Waals surface area contributed by atoms with Crippen LogP contribution in [0.1, 0.15) is 12.0 Å². The highest BCUT2D eigenvalue weighted by atomic mass is 35.5. The van der Waals surface area contributed by atoms with E-state index in [1.165, 1.54) is 11.5 Å². The molecule has 8 heteroatoms. The molecule has 0 saturated carbocycles. The van der Waals surface area contributed by atoms with Gasteiger partial charge in [-0.25, -0.2) is 8.42 Å². The molecule has 158 valence electrons. The first-order valence-electron chi connectivity index (χ1n) is 9.25. The molecule has 0 atom stereocenters. The van der Waals surface area contributed by atoms with Gasteiger partial charge in [-0.3, -0.25) is 4.90 Å². The van der Waals surface area contributed by atoms with Gasteiger partial charge in [-0.1, -0.05) is 23.7 Å². The quantitative estimate of drug-likeness (QED) is 0.552.